The fraction of sp³-hybridized carbons (Fsp3) is 0.480. The van der Waals surface area contributed by atoms with Crippen molar-refractivity contribution in [3.05, 3.63) is 53.2 Å². The number of anilines is 1. The minimum Gasteiger partial charge on any atom is -0.474 e. The molecule has 0 saturated carbocycles. The summed E-state index contributed by atoms with van der Waals surface area (Å²) in [5.74, 6) is -3.09. The number of fused-ring (bicyclic) bond motifs is 5. The van der Waals surface area contributed by atoms with Gasteiger partial charge in [0.15, 0.2) is 5.69 Å². The average molecular weight is 562 g/mol. The molecule has 4 bridgehead atoms. The molecule has 7 nitrogen and oxygen atoms in total. The number of halogens is 7. The van der Waals surface area contributed by atoms with E-state index in [1.54, 1.807) is 12.1 Å². The van der Waals surface area contributed by atoms with Gasteiger partial charge >= 0.3 is 12.4 Å². The van der Waals surface area contributed by atoms with Crippen LogP contribution in [0.3, 0.4) is 0 Å². The molecule has 0 saturated heterocycles. The van der Waals surface area contributed by atoms with Crippen LogP contribution < -0.4 is 10.5 Å². The molecule has 1 unspecified atom stereocenters. The Morgan fingerprint density at radius 3 is 2.41 bits per heavy atom. The van der Waals surface area contributed by atoms with Gasteiger partial charge in [-0.25, -0.2) is 9.37 Å². The highest BCUT2D eigenvalue weighted by molar-refractivity contribution is 5.68. The first kappa shape index (κ1) is 28.6. The molecule has 39 heavy (non-hydrogen) atoms. The van der Waals surface area contributed by atoms with Gasteiger partial charge in [-0.3, -0.25) is 0 Å². The number of aliphatic hydroxyl groups is 1. The van der Waals surface area contributed by atoms with E-state index in [9.17, 15) is 35.8 Å². The lowest BCUT2D eigenvalue weighted by Gasteiger charge is -2.27. The van der Waals surface area contributed by atoms with Crippen LogP contribution >= 0.6 is 0 Å². The molecule has 0 radical (unpaired) electrons. The summed E-state index contributed by atoms with van der Waals surface area (Å²) in [5, 5.41) is 17.3. The van der Waals surface area contributed by atoms with E-state index in [0.29, 0.717) is 25.3 Å². The summed E-state index contributed by atoms with van der Waals surface area (Å²) in [5.41, 5.74) is 0.746. The smallest absolute Gasteiger partial charge is 0.426 e. The molecule has 14 heteroatoms. The summed E-state index contributed by atoms with van der Waals surface area (Å²) in [6, 6.07) is 6.33. The molecule has 3 N–H and O–H groups in total. The summed E-state index contributed by atoms with van der Waals surface area (Å²) >= 11 is 0. The molecule has 3 heterocycles. The van der Waals surface area contributed by atoms with Crippen molar-refractivity contribution < 1.29 is 45.0 Å². The third-order valence-electron chi connectivity index (χ3n) is 6.52. The number of rotatable bonds is 4. The molecule has 1 aliphatic heterocycles. The van der Waals surface area contributed by atoms with Crippen molar-refractivity contribution in [3.63, 3.8) is 0 Å². The van der Waals surface area contributed by atoms with Gasteiger partial charge in [0.05, 0.1) is 5.69 Å². The maximum absolute atomic E-state index is 13.9. The summed E-state index contributed by atoms with van der Waals surface area (Å²) in [4.78, 5) is 3.84. The minimum atomic E-state index is -5.16. The Bertz CT molecular complexity index is 1280. The molecule has 1 aromatic carbocycles. The third kappa shape index (κ3) is 6.43. The van der Waals surface area contributed by atoms with Crippen molar-refractivity contribution in [2.45, 2.75) is 75.4 Å². The SMILES string of the molecule is Nc1cc(C(F)(F)F)c2nc1-c1nnc(o1)[C@@](O)(C(F)(F)F)CCCCCC(CCCc1ccc(F)cc1)O2. The first-order valence-corrected chi connectivity index (χ1v) is 12.2. The number of pyridine rings is 1. The second-order valence-electron chi connectivity index (χ2n) is 9.40. The van der Waals surface area contributed by atoms with Gasteiger partial charge in [-0.05, 0) is 68.7 Å². The van der Waals surface area contributed by atoms with Crippen molar-refractivity contribution in [3.8, 4) is 17.5 Å². The standard InChI is InChI=1S/C25H25F7N4O3/c26-15-10-8-14(9-11-15)5-4-7-16-6-2-1-3-12-23(37,25(30,31)32)22-36-35-21(39-22)19-18(33)13-17(24(27,28)29)20(34-19)38-16/h8-11,13,16,37H,1-7,12,33H2/t16?,23-/m1/s1. The van der Waals surface area contributed by atoms with Gasteiger partial charge in [0.1, 0.15) is 17.5 Å². The van der Waals surface area contributed by atoms with Crippen LogP contribution in [-0.4, -0.2) is 32.6 Å². The summed E-state index contributed by atoms with van der Waals surface area (Å²) in [7, 11) is 0. The lowest BCUT2D eigenvalue weighted by atomic mass is 9.94. The Labute approximate surface area is 218 Å². The van der Waals surface area contributed by atoms with E-state index in [-0.39, 0.29) is 25.7 Å². The first-order chi connectivity index (χ1) is 18.3. The predicted molar refractivity (Wildman–Crippen MR) is 124 cm³/mol. The quantitative estimate of drug-likeness (QED) is 0.357. The molecular weight excluding hydrogens is 537 g/mol. The van der Waals surface area contributed by atoms with Crippen LogP contribution in [0.25, 0.3) is 11.6 Å². The number of hydrogen-bond donors (Lipinski definition) is 2. The number of nitrogens with zero attached hydrogens (tertiary/aromatic N) is 3. The average Bonchev–Trinajstić information content (AvgIpc) is 3.34. The molecule has 0 amide bonds. The lowest BCUT2D eigenvalue weighted by molar-refractivity contribution is -0.277. The molecule has 212 valence electrons. The fourth-order valence-electron chi connectivity index (χ4n) is 4.37. The normalized spacial score (nSPS) is 20.8. The van der Waals surface area contributed by atoms with Crippen LogP contribution in [0.15, 0.2) is 34.7 Å². The number of alkyl halides is 6. The fourth-order valence-corrected chi connectivity index (χ4v) is 4.37. The molecule has 2 aromatic heterocycles. The summed E-state index contributed by atoms with van der Waals surface area (Å²) in [6.45, 7) is 0. The van der Waals surface area contributed by atoms with Crippen molar-refractivity contribution in [2.75, 3.05) is 5.73 Å². The van der Waals surface area contributed by atoms with E-state index < -0.39 is 70.9 Å². The largest absolute Gasteiger partial charge is 0.474 e. The van der Waals surface area contributed by atoms with Crippen LogP contribution in [0.4, 0.5) is 36.4 Å². The number of ether oxygens (including phenoxy) is 1. The summed E-state index contributed by atoms with van der Waals surface area (Å²) in [6.07, 6.45) is -9.73. The second kappa shape index (κ2) is 11.0. The van der Waals surface area contributed by atoms with Crippen LogP contribution in [-0.2, 0) is 18.2 Å². The number of aromatic nitrogens is 3. The van der Waals surface area contributed by atoms with E-state index in [2.05, 4.69) is 15.2 Å². The van der Waals surface area contributed by atoms with E-state index >= 15 is 0 Å². The minimum absolute atomic E-state index is 0.0878. The topological polar surface area (TPSA) is 107 Å². The van der Waals surface area contributed by atoms with E-state index in [0.717, 1.165) is 5.56 Å². The molecule has 0 aliphatic carbocycles. The Balaban J connectivity index is 1.69. The van der Waals surface area contributed by atoms with Crippen LogP contribution in [0, 0.1) is 5.82 Å². The number of nitrogens with two attached hydrogens (primary N) is 1. The zero-order chi connectivity index (χ0) is 28.4. The number of hydrogen-bond acceptors (Lipinski definition) is 7. The first-order valence-electron chi connectivity index (χ1n) is 12.2. The number of benzene rings is 1. The molecule has 2 atom stereocenters. The van der Waals surface area contributed by atoms with Crippen molar-refractivity contribution in [2.24, 2.45) is 0 Å². The zero-order valence-corrected chi connectivity index (χ0v) is 20.4. The molecular formula is C25H25F7N4O3. The van der Waals surface area contributed by atoms with Crippen LogP contribution in [0.2, 0.25) is 0 Å². The van der Waals surface area contributed by atoms with Gasteiger partial charge in [0.25, 0.3) is 11.8 Å². The highest BCUT2D eigenvalue weighted by Gasteiger charge is 2.58. The monoisotopic (exact) mass is 562 g/mol. The summed E-state index contributed by atoms with van der Waals surface area (Å²) < 4.78 is 107. The Morgan fingerprint density at radius 2 is 1.74 bits per heavy atom. The lowest BCUT2D eigenvalue weighted by Crippen LogP contribution is -2.42. The highest BCUT2D eigenvalue weighted by atomic mass is 19.4. The van der Waals surface area contributed by atoms with Crippen molar-refractivity contribution in [1.29, 1.82) is 0 Å². The maximum Gasteiger partial charge on any atom is 0.426 e. The molecule has 3 aromatic rings. The Morgan fingerprint density at radius 1 is 1.03 bits per heavy atom. The van der Waals surface area contributed by atoms with Gasteiger partial charge < -0.3 is 20.0 Å². The van der Waals surface area contributed by atoms with Crippen molar-refractivity contribution in [1.82, 2.24) is 15.2 Å². The van der Waals surface area contributed by atoms with E-state index in [4.69, 9.17) is 14.9 Å². The van der Waals surface area contributed by atoms with Crippen molar-refractivity contribution >= 4 is 5.69 Å². The Kier molecular flexibility index (Phi) is 8.05. The Hall–Kier alpha value is -3.42. The third-order valence-corrected chi connectivity index (χ3v) is 6.52. The van der Waals surface area contributed by atoms with Crippen LogP contribution in [0.5, 0.6) is 5.88 Å². The molecule has 0 spiro atoms. The highest BCUT2D eigenvalue weighted by Crippen LogP contribution is 2.44. The molecule has 4 rings (SSSR count). The second-order valence-corrected chi connectivity index (χ2v) is 9.40. The number of nitrogen functional groups attached to an aromatic ring is 1. The van der Waals surface area contributed by atoms with Crippen LogP contribution in [0.1, 0.15) is 62.0 Å². The molecule has 1 aliphatic rings. The van der Waals surface area contributed by atoms with Gasteiger partial charge in [0, 0.05) is 0 Å². The van der Waals surface area contributed by atoms with E-state index in [1.165, 1.54) is 12.1 Å². The van der Waals surface area contributed by atoms with Gasteiger partial charge in [-0.2, -0.15) is 26.3 Å². The zero-order valence-electron chi connectivity index (χ0n) is 20.4. The number of aryl methyl sites for hydroxylation is 1. The molecule has 0 fully saturated rings. The van der Waals surface area contributed by atoms with Gasteiger partial charge in [-0.1, -0.05) is 18.6 Å². The predicted octanol–water partition coefficient (Wildman–Crippen LogP) is 6.36. The van der Waals surface area contributed by atoms with E-state index in [1.807, 2.05) is 0 Å². The van der Waals surface area contributed by atoms with Gasteiger partial charge in [-0.15, -0.1) is 10.2 Å². The maximum atomic E-state index is 13.9. The van der Waals surface area contributed by atoms with Gasteiger partial charge in [0.2, 0.25) is 11.5 Å².